The Bertz CT molecular complexity index is 717. The number of carbonyl (C=O) groups excluding carboxylic acids is 3. The summed E-state index contributed by atoms with van der Waals surface area (Å²) in [6.07, 6.45) is -0.498. The number of unbranched alkanes of at least 4 members (excludes halogenated alkanes) is 1. The lowest BCUT2D eigenvalue weighted by molar-refractivity contribution is -0.147. The minimum Gasteiger partial charge on any atom is -0.481 e. The Morgan fingerprint density at radius 1 is 0.727 bits per heavy atom. The molecule has 0 aromatic carbocycles. The second-order valence-electron chi connectivity index (χ2n) is 7.13. The molecule has 0 radical (unpaired) electrons. The second kappa shape index (κ2) is 15.5. The second-order valence-corrected chi connectivity index (χ2v) is 7.13. The predicted octanol–water partition coefficient (Wildman–Crippen LogP) is -3.69. The number of aliphatic hydroxyl groups is 1. The van der Waals surface area contributed by atoms with Crippen molar-refractivity contribution in [1.82, 2.24) is 16.0 Å². The van der Waals surface area contributed by atoms with E-state index in [1.165, 1.54) is 0 Å². The molecule has 0 heterocycles. The van der Waals surface area contributed by atoms with Gasteiger partial charge in [-0.3, -0.25) is 24.0 Å². The zero-order valence-electron chi connectivity index (χ0n) is 17.9. The first-order valence-corrected chi connectivity index (χ1v) is 10.1. The summed E-state index contributed by atoms with van der Waals surface area (Å²) in [5, 5.41) is 42.3. The highest BCUT2D eigenvalue weighted by Crippen LogP contribution is 2.04. The van der Waals surface area contributed by atoms with Gasteiger partial charge in [-0.25, -0.2) is 4.79 Å². The largest absolute Gasteiger partial charge is 0.481 e. The van der Waals surface area contributed by atoms with E-state index >= 15 is 0 Å². The quantitative estimate of drug-likeness (QED) is 0.0916. The molecule has 0 spiro atoms. The smallest absolute Gasteiger partial charge is 0.326 e. The fraction of sp³-hybridized carbons (Fsp3) is 0.667. The topological polar surface area (TPSA) is 271 Å². The van der Waals surface area contributed by atoms with Crippen LogP contribution in [0.4, 0.5) is 0 Å². The number of hydrogen-bond acceptors (Lipinski definition) is 9. The van der Waals surface area contributed by atoms with Crippen molar-refractivity contribution in [2.75, 3.05) is 13.2 Å². The van der Waals surface area contributed by atoms with E-state index in [1.54, 1.807) is 0 Å². The van der Waals surface area contributed by atoms with Crippen LogP contribution in [0.3, 0.4) is 0 Å². The van der Waals surface area contributed by atoms with Crippen LogP contribution in [0.15, 0.2) is 0 Å². The molecule has 188 valence electrons. The van der Waals surface area contributed by atoms with E-state index in [-0.39, 0.29) is 19.3 Å². The van der Waals surface area contributed by atoms with Crippen LogP contribution in [-0.4, -0.2) is 93.4 Å². The summed E-state index contributed by atoms with van der Waals surface area (Å²) in [5.41, 5.74) is 11.0. The van der Waals surface area contributed by atoms with E-state index in [0.29, 0.717) is 19.4 Å². The molecular formula is C18H31N5O10. The summed E-state index contributed by atoms with van der Waals surface area (Å²) in [7, 11) is 0. The summed E-state index contributed by atoms with van der Waals surface area (Å²) in [4.78, 5) is 69.6. The van der Waals surface area contributed by atoms with Gasteiger partial charge in [0.25, 0.3) is 0 Å². The van der Waals surface area contributed by atoms with Gasteiger partial charge in [-0.2, -0.15) is 0 Å². The maximum Gasteiger partial charge on any atom is 0.326 e. The van der Waals surface area contributed by atoms with Crippen molar-refractivity contribution in [3.8, 4) is 0 Å². The Hall–Kier alpha value is -3.30. The number of carboxylic acid groups (broad SMARTS) is 3. The third-order valence-electron chi connectivity index (χ3n) is 4.39. The van der Waals surface area contributed by atoms with Gasteiger partial charge in [-0.1, -0.05) is 0 Å². The molecule has 0 saturated carbocycles. The molecule has 15 nitrogen and oxygen atoms in total. The first-order valence-electron chi connectivity index (χ1n) is 10.1. The maximum absolute atomic E-state index is 12.6. The van der Waals surface area contributed by atoms with E-state index in [2.05, 4.69) is 10.6 Å². The standard InChI is InChI=1S/C18H31N5O10/c19-6-2-1-3-10(21-15(29)9(20)4-5-13(25)26)16(30)23-12(8-24)17(31)22-11(18(32)33)7-14(27)28/h9-12,24H,1-8,19-20H2,(H,21,29)(H,22,31)(H,23,30)(H,25,26)(H,27,28)(H,32,33). The van der Waals surface area contributed by atoms with E-state index in [4.69, 9.17) is 26.8 Å². The Morgan fingerprint density at radius 2 is 1.27 bits per heavy atom. The van der Waals surface area contributed by atoms with Gasteiger partial charge in [0.2, 0.25) is 17.7 Å². The van der Waals surface area contributed by atoms with Crippen molar-refractivity contribution in [3.05, 3.63) is 0 Å². The first-order chi connectivity index (χ1) is 15.4. The summed E-state index contributed by atoms with van der Waals surface area (Å²) >= 11 is 0. The van der Waals surface area contributed by atoms with Crippen molar-refractivity contribution in [2.45, 2.75) is 62.7 Å². The third-order valence-corrected chi connectivity index (χ3v) is 4.39. The molecule has 15 heteroatoms. The SMILES string of the molecule is NCCCCC(NC(=O)C(N)CCC(=O)O)C(=O)NC(CO)C(=O)NC(CC(=O)O)C(=O)O. The van der Waals surface area contributed by atoms with E-state index < -0.39 is 72.8 Å². The van der Waals surface area contributed by atoms with Crippen molar-refractivity contribution in [1.29, 1.82) is 0 Å². The van der Waals surface area contributed by atoms with Crippen LogP contribution in [0.25, 0.3) is 0 Å². The van der Waals surface area contributed by atoms with Crippen molar-refractivity contribution in [3.63, 3.8) is 0 Å². The van der Waals surface area contributed by atoms with Gasteiger partial charge < -0.3 is 47.8 Å². The van der Waals surface area contributed by atoms with Crippen LogP contribution in [0.2, 0.25) is 0 Å². The lowest BCUT2D eigenvalue weighted by Crippen LogP contribution is -2.58. The molecule has 0 aliphatic rings. The number of nitrogens with one attached hydrogen (secondary N) is 3. The summed E-state index contributed by atoms with van der Waals surface area (Å²) < 4.78 is 0. The van der Waals surface area contributed by atoms with Gasteiger partial charge in [0.15, 0.2) is 0 Å². The van der Waals surface area contributed by atoms with Crippen molar-refractivity contribution >= 4 is 35.6 Å². The van der Waals surface area contributed by atoms with Crippen molar-refractivity contribution < 1.29 is 49.2 Å². The van der Waals surface area contributed by atoms with Gasteiger partial charge in [0.05, 0.1) is 19.1 Å². The average molecular weight is 477 g/mol. The maximum atomic E-state index is 12.6. The lowest BCUT2D eigenvalue weighted by Gasteiger charge is -2.24. The van der Waals surface area contributed by atoms with Gasteiger partial charge in [-0.05, 0) is 32.2 Å². The van der Waals surface area contributed by atoms with Crippen LogP contribution < -0.4 is 27.4 Å². The number of amides is 3. The molecule has 0 aliphatic heterocycles. The fourth-order valence-corrected chi connectivity index (χ4v) is 2.56. The number of rotatable bonds is 17. The number of carboxylic acids is 3. The average Bonchev–Trinajstić information content (AvgIpc) is 2.73. The molecule has 4 unspecified atom stereocenters. The number of hydrogen-bond donors (Lipinski definition) is 9. The zero-order valence-corrected chi connectivity index (χ0v) is 17.9. The van der Waals surface area contributed by atoms with Crippen LogP contribution in [0, 0.1) is 0 Å². The lowest BCUT2D eigenvalue weighted by atomic mass is 10.1. The van der Waals surface area contributed by atoms with E-state index in [1.807, 2.05) is 5.32 Å². The minimum atomic E-state index is -1.80. The van der Waals surface area contributed by atoms with Gasteiger partial charge >= 0.3 is 17.9 Å². The minimum absolute atomic E-state index is 0.0803. The summed E-state index contributed by atoms with van der Waals surface area (Å²) in [5.74, 6) is -7.13. The Balaban J connectivity index is 5.25. The first kappa shape index (κ1) is 29.7. The molecule has 0 aromatic heterocycles. The Labute approximate surface area is 188 Å². The molecule has 0 bridgehead atoms. The predicted molar refractivity (Wildman–Crippen MR) is 111 cm³/mol. The number of carbonyl (C=O) groups is 6. The van der Waals surface area contributed by atoms with Crippen LogP contribution in [-0.2, 0) is 28.8 Å². The van der Waals surface area contributed by atoms with Gasteiger partial charge in [0.1, 0.15) is 18.1 Å². The Morgan fingerprint density at radius 3 is 1.76 bits per heavy atom. The summed E-state index contributed by atoms with van der Waals surface area (Å²) in [6, 6.07) is -5.86. The van der Waals surface area contributed by atoms with Crippen LogP contribution in [0.1, 0.15) is 38.5 Å². The highest BCUT2D eigenvalue weighted by atomic mass is 16.4. The van der Waals surface area contributed by atoms with E-state index in [9.17, 15) is 33.9 Å². The highest BCUT2D eigenvalue weighted by molar-refractivity contribution is 5.94. The van der Waals surface area contributed by atoms with Crippen LogP contribution >= 0.6 is 0 Å². The number of aliphatic hydroxyl groups excluding tert-OH is 1. The van der Waals surface area contributed by atoms with Crippen LogP contribution in [0.5, 0.6) is 0 Å². The molecular weight excluding hydrogens is 446 g/mol. The fourth-order valence-electron chi connectivity index (χ4n) is 2.56. The van der Waals surface area contributed by atoms with Gasteiger partial charge in [0, 0.05) is 6.42 Å². The van der Waals surface area contributed by atoms with E-state index in [0.717, 1.165) is 0 Å². The monoisotopic (exact) mass is 477 g/mol. The molecule has 4 atom stereocenters. The molecule has 33 heavy (non-hydrogen) atoms. The zero-order chi connectivity index (χ0) is 25.6. The van der Waals surface area contributed by atoms with Crippen molar-refractivity contribution in [2.24, 2.45) is 11.5 Å². The number of nitrogens with two attached hydrogens (primary N) is 2. The van der Waals surface area contributed by atoms with Gasteiger partial charge in [-0.15, -0.1) is 0 Å². The summed E-state index contributed by atoms with van der Waals surface area (Å²) in [6.45, 7) is -0.638. The number of aliphatic carboxylic acids is 3. The molecule has 0 aliphatic carbocycles. The Kier molecular flexibility index (Phi) is 13.9. The molecule has 0 fully saturated rings. The third kappa shape index (κ3) is 12.4. The highest BCUT2D eigenvalue weighted by Gasteiger charge is 2.30. The molecule has 11 N–H and O–H groups in total. The molecule has 0 aromatic rings. The normalized spacial score (nSPS) is 14.3. The molecule has 0 rings (SSSR count). The molecule has 3 amide bonds. The molecule has 0 saturated heterocycles.